The lowest BCUT2D eigenvalue weighted by Gasteiger charge is -2.21. The average Bonchev–Trinajstić information content (AvgIpc) is 3.55. The summed E-state index contributed by atoms with van der Waals surface area (Å²) < 4.78 is 12.6. The largest absolute Gasteiger partial charge is 0.497 e. The Balaban J connectivity index is 1.58. The minimum atomic E-state index is 0.0287. The van der Waals surface area contributed by atoms with Crippen LogP contribution in [0, 0.1) is 0 Å². The number of benzene rings is 2. The molecule has 0 aliphatic rings. The van der Waals surface area contributed by atoms with Crippen LogP contribution in [0.25, 0.3) is 17.1 Å². The predicted octanol–water partition coefficient (Wildman–Crippen LogP) is 4.77. The number of hydrogen-bond acceptors (Lipinski definition) is 7. The Bertz CT molecular complexity index is 1200. The third-order valence-electron chi connectivity index (χ3n) is 5.15. The second kappa shape index (κ2) is 11.8. The van der Waals surface area contributed by atoms with Crippen molar-refractivity contribution in [3.8, 4) is 22.8 Å². The first-order valence-electron chi connectivity index (χ1n) is 10.8. The maximum Gasteiger partial charge on any atom is 0.233 e. The number of aromatic nitrogens is 3. The van der Waals surface area contributed by atoms with Crippen LogP contribution in [0.5, 0.6) is 5.75 Å². The fraction of sp³-hybridized carbons (Fsp3) is 0.240. The maximum atomic E-state index is 13.1. The van der Waals surface area contributed by atoms with Gasteiger partial charge in [0.2, 0.25) is 5.91 Å². The van der Waals surface area contributed by atoms with Crippen molar-refractivity contribution in [2.75, 3.05) is 33.1 Å². The van der Waals surface area contributed by atoms with Gasteiger partial charge in [0.15, 0.2) is 11.0 Å². The van der Waals surface area contributed by atoms with E-state index in [-0.39, 0.29) is 11.7 Å². The standard InChI is InChI=1S/C25H26N4O3S2/c1-31-14-13-28(17-22-12-7-15-33-22)23(30)18-34-25-27-26-24(19-8-6-11-21(16-19)32-2)29(25)20-9-4-3-5-10-20/h3-12,15-16H,13-14,17-18H2,1-2H3. The molecular weight excluding hydrogens is 468 g/mol. The minimum absolute atomic E-state index is 0.0287. The van der Waals surface area contributed by atoms with E-state index in [9.17, 15) is 4.79 Å². The third kappa shape index (κ3) is 5.85. The molecule has 0 aliphatic carbocycles. The van der Waals surface area contributed by atoms with Gasteiger partial charge in [-0.2, -0.15) is 0 Å². The Morgan fingerprint density at radius 2 is 1.91 bits per heavy atom. The first-order valence-corrected chi connectivity index (χ1v) is 12.6. The molecule has 2 aromatic heterocycles. The Labute approximate surface area is 207 Å². The van der Waals surface area contributed by atoms with E-state index in [0.29, 0.717) is 30.7 Å². The number of amides is 1. The van der Waals surface area contributed by atoms with Crippen LogP contribution in [0.3, 0.4) is 0 Å². The van der Waals surface area contributed by atoms with Crippen LogP contribution < -0.4 is 4.74 Å². The zero-order valence-corrected chi connectivity index (χ0v) is 20.7. The summed E-state index contributed by atoms with van der Waals surface area (Å²) in [7, 11) is 3.28. The first kappa shape index (κ1) is 24.0. The Kier molecular flexibility index (Phi) is 8.35. The smallest absolute Gasteiger partial charge is 0.233 e. The molecule has 0 saturated heterocycles. The molecule has 0 radical (unpaired) electrons. The number of ether oxygens (including phenoxy) is 2. The van der Waals surface area contributed by atoms with Crippen molar-refractivity contribution in [3.05, 3.63) is 77.0 Å². The summed E-state index contributed by atoms with van der Waals surface area (Å²) in [4.78, 5) is 16.1. The van der Waals surface area contributed by atoms with E-state index in [1.165, 1.54) is 11.8 Å². The Morgan fingerprint density at radius 3 is 2.65 bits per heavy atom. The molecule has 7 nitrogen and oxygen atoms in total. The van der Waals surface area contributed by atoms with Gasteiger partial charge >= 0.3 is 0 Å². The number of rotatable bonds is 11. The summed E-state index contributed by atoms with van der Waals surface area (Å²) in [6, 6.07) is 21.7. The van der Waals surface area contributed by atoms with E-state index in [1.54, 1.807) is 25.6 Å². The molecule has 176 valence electrons. The van der Waals surface area contributed by atoms with E-state index in [0.717, 1.165) is 21.9 Å². The topological polar surface area (TPSA) is 69.5 Å². The molecule has 9 heteroatoms. The van der Waals surface area contributed by atoms with Gasteiger partial charge in [0.05, 0.1) is 26.0 Å². The molecule has 2 aromatic carbocycles. The highest BCUT2D eigenvalue weighted by Gasteiger charge is 2.20. The van der Waals surface area contributed by atoms with Crippen molar-refractivity contribution < 1.29 is 14.3 Å². The van der Waals surface area contributed by atoms with Gasteiger partial charge in [0.1, 0.15) is 5.75 Å². The number of hydrogen-bond donors (Lipinski definition) is 0. The van der Waals surface area contributed by atoms with Crippen molar-refractivity contribution in [2.45, 2.75) is 11.7 Å². The number of carbonyl (C=O) groups excluding carboxylic acids is 1. The summed E-state index contributed by atoms with van der Waals surface area (Å²) >= 11 is 3.02. The van der Waals surface area contributed by atoms with Crippen molar-refractivity contribution in [2.24, 2.45) is 0 Å². The second-order valence-electron chi connectivity index (χ2n) is 7.39. The minimum Gasteiger partial charge on any atom is -0.497 e. The first-order chi connectivity index (χ1) is 16.7. The molecular formula is C25H26N4O3S2. The number of thiophene rings is 1. The summed E-state index contributed by atoms with van der Waals surface area (Å²) in [6.45, 7) is 1.59. The normalized spacial score (nSPS) is 10.9. The van der Waals surface area contributed by atoms with Crippen LogP contribution in [0.4, 0.5) is 0 Å². The Hall–Kier alpha value is -3.14. The molecule has 0 bridgehead atoms. The van der Waals surface area contributed by atoms with E-state index >= 15 is 0 Å². The van der Waals surface area contributed by atoms with Crippen molar-refractivity contribution in [3.63, 3.8) is 0 Å². The van der Waals surface area contributed by atoms with E-state index in [2.05, 4.69) is 10.2 Å². The van der Waals surface area contributed by atoms with Gasteiger partial charge in [-0.05, 0) is 35.7 Å². The molecule has 4 rings (SSSR count). The van der Waals surface area contributed by atoms with Crippen LogP contribution in [0.1, 0.15) is 4.88 Å². The molecule has 34 heavy (non-hydrogen) atoms. The summed E-state index contributed by atoms with van der Waals surface area (Å²) in [6.07, 6.45) is 0. The molecule has 0 unspecified atom stereocenters. The Morgan fingerprint density at radius 1 is 1.06 bits per heavy atom. The molecule has 0 fully saturated rings. The second-order valence-corrected chi connectivity index (χ2v) is 9.36. The van der Waals surface area contributed by atoms with Crippen LogP contribution in [0.15, 0.2) is 77.3 Å². The molecule has 2 heterocycles. The van der Waals surface area contributed by atoms with Gasteiger partial charge in [0, 0.05) is 29.8 Å². The highest BCUT2D eigenvalue weighted by molar-refractivity contribution is 7.99. The lowest BCUT2D eigenvalue weighted by Crippen LogP contribution is -2.34. The van der Waals surface area contributed by atoms with Crippen LogP contribution in [0.2, 0.25) is 0 Å². The summed E-state index contributed by atoms with van der Waals surface area (Å²) in [5, 5.41) is 11.6. The van der Waals surface area contributed by atoms with Crippen LogP contribution >= 0.6 is 23.1 Å². The predicted molar refractivity (Wildman–Crippen MR) is 136 cm³/mol. The molecule has 0 aliphatic heterocycles. The van der Waals surface area contributed by atoms with Crippen molar-refractivity contribution >= 4 is 29.0 Å². The lowest BCUT2D eigenvalue weighted by atomic mass is 10.2. The zero-order valence-electron chi connectivity index (χ0n) is 19.1. The average molecular weight is 495 g/mol. The molecule has 1 amide bonds. The monoisotopic (exact) mass is 494 g/mol. The number of methoxy groups -OCH3 is 2. The van der Waals surface area contributed by atoms with E-state index in [4.69, 9.17) is 9.47 Å². The van der Waals surface area contributed by atoms with Gasteiger partial charge in [0.25, 0.3) is 0 Å². The lowest BCUT2D eigenvalue weighted by molar-refractivity contribution is -0.129. The number of para-hydroxylation sites is 1. The number of thioether (sulfide) groups is 1. The molecule has 0 saturated carbocycles. The van der Waals surface area contributed by atoms with Crippen molar-refractivity contribution in [1.82, 2.24) is 19.7 Å². The highest BCUT2D eigenvalue weighted by atomic mass is 32.2. The van der Waals surface area contributed by atoms with E-state index in [1.807, 2.05) is 81.6 Å². The number of carbonyl (C=O) groups is 1. The van der Waals surface area contributed by atoms with Gasteiger partial charge in [-0.25, -0.2) is 0 Å². The molecule has 0 N–H and O–H groups in total. The zero-order chi connectivity index (χ0) is 23.8. The fourth-order valence-electron chi connectivity index (χ4n) is 3.42. The highest BCUT2D eigenvalue weighted by Crippen LogP contribution is 2.30. The summed E-state index contributed by atoms with van der Waals surface area (Å²) in [5.74, 6) is 1.71. The summed E-state index contributed by atoms with van der Waals surface area (Å²) in [5.41, 5.74) is 1.81. The van der Waals surface area contributed by atoms with Crippen LogP contribution in [-0.4, -0.2) is 58.7 Å². The van der Waals surface area contributed by atoms with Crippen molar-refractivity contribution in [1.29, 1.82) is 0 Å². The SMILES string of the molecule is COCCN(Cc1cccs1)C(=O)CSc1nnc(-c2cccc(OC)c2)n1-c1ccccc1. The maximum absolute atomic E-state index is 13.1. The third-order valence-corrected chi connectivity index (χ3v) is 6.92. The fourth-order valence-corrected chi connectivity index (χ4v) is 5.00. The number of nitrogens with zero attached hydrogens (tertiary/aromatic N) is 4. The quantitative estimate of drug-likeness (QED) is 0.280. The molecule has 0 atom stereocenters. The molecule has 4 aromatic rings. The van der Waals surface area contributed by atoms with Gasteiger partial charge < -0.3 is 14.4 Å². The molecule has 0 spiro atoms. The van der Waals surface area contributed by atoms with Gasteiger partial charge in [-0.3, -0.25) is 9.36 Å². The van der Waals surface area contributed by atoms with Gasteiger partial charge in [-0.15, -0.1) is 21.5 Å². The van der Waals surface area contributed by atoms with Gasteiger partial charge in [-0.1, -0.05) is 48.2 Å². The van der Waals surface area contributed by atoms with Crippen LogP contribution in [-0.2, 0) is 16.1 Å². The van der Waals surface area contributed by atoms with E-state index < -0.39 is 0 Å².